The van der Waals surface area contributed by atoms with E-state index in [-0.39, 0.29) is 8.07 Å². The van der Waals surface area contributed by atoms with Crippen molar-refractivity contribution in [3.63, 3.8) is 0 Å². The Balaban J connectivity index is 1.57. The van der Waals surface area contributed by atoms with E-state index in [9.17, 15) is 0 Å². The summed E-state index contributed by atoms with van der Waals surface area (Å²) in [5.74, 6) is 0. The summed E-state index contributed by atoms with van der Waals surface area (Å²) in [5, 5.41) is 0. The third-order valence-corrected chi connectivity index (χ3v) is 7.78. The minimum atomic E-state index is 0.0336. The van der Waals surface area contributed by atoms with Gasteiger partial charge in [0.25, 0.3) is 0 Å². The molecule has 22 heavy (non-hydrogen) atoms. The maximum Gasteiger partial charge on any atom is 0.0240 e. The van der Waals surface area contributed by atoms with Crippen LogP contribution in [0.1, 0.15) is 33.3 Å². The van der Waals surface area contributed by atoms with E-state index in [4.69, 9.17) is 0 Å². The fourth-order valence-electron chi connectivity index (χ4n) is 4.01. The van der Waals surface area contributed by atoms with E-state index in [1.807, 2.05) is 0 Å². The molecule has 0 fully saturated rings. The number of hydrogen-bond acceptors (Lipinski definition) is 2. The lowest BCUT2D eigenvalue weighted by Crippen LogP contribution is -2.34. The van der Waals surface area contributed by atoms with Crippen molar-refractivity contribution in [1.82, 2.24) is 9.57 Å². The Labute approximate surface area is 137 Å². The average molecular weight is 316 g/mol. The van der Waals surface area contributed by atoms with Crippen LogP contribution < -0.4 is 0 Å². The second-order valence-electron chi connectivity index (χ2n) is 7.23. The van der Waals surface area contributed by atoms with E-state index < -0.39 is 0 Å². The van der Waals surface area contributed by atoms with Crippen molar-refractivity contribution in [2.45, 2.75) is 46.3 Å². The van der Waals surface area contributed by atoms with E-state index in [0.29, 0.717) is 12.1 Å². The summed E-state index contributed by atoms with van der Waals surface area (Å²) in [7, 11) is 0.0336. The molecule has 0 unspecified atom stereocenters. The van der Waals surface area contributed by atoms with Crippen LogP contribution in [0.15, 0.2) is 41.5 Å². The largest absolute Gasteiger partial charge is 0.291 e. The molecule has 0 amide bonds. The molecule has 0 saturated heterocycles. The van der Waals surface area contributed by atoms with Gasteiger partial charge in [-0.3, -0.25) is 9.57 Å². The first-order valence-electron chi connectivity index (χ1n) is 8.54. The Morgan fingerprint density at radius 2 is 1.50 bits per heavy atom. The third-order valence-electron chi connectivity index (χ3n) is 4.71. The Morgan fingerprint density at radius 3 is 2.00 bits per heavy atom. The first kappa shape index (κ1) is 16.2. The number of hydrogen-bond donors (Lipinski definition) is 0. The molecule has 0 bridgehead atoms. The van der Waals surface area contributed by atoms with Crippen molar-refractivity contribution in [3.05, 3.63) is 47.0 Å². The highest BCUT2D eigenvalue weighted by Gasteiger charge is 2.35. The van der Waals surface area contributed by atoms with Gasteiger partial charge < -0.3 is 0 Å². The van der Waals surface area contributed by atoms with E-state index in [0.717, 1.165) is 6.54 Å². The van der Waals surface area contributed by atoms with Crippen LogP contribution in [0, 0.1) is 0 Å². The molecule has 1 aromatic carbocycles. The molecule has 0 aromatic heterocycles. The summed E-state index contributed by atoms with van der Waals surface area (Å²) >= 11 is 0. The van der Waals surface area contributed by atoms with Gasteiger partial charge in [0.05, 0.1) is 0 Å². The molecule has 0 spiro atoms. The van der Waals surface area contributed by atoms with Crippen LogP contribution >= 0.6 is 8.07 Å². The van der Waals surface area contributed by atoms with Crippen molar-refractivity contribution < 1.29 is 0 Å². The summed E-state index contributed by atoms with van der Waals surface area (Å²) in [6.45, 7) is 12.9. The number of benzene rings is 1. The molecule has 3 heteroatoms. The van der Waals surface area contributed by atoms with E-state index in [2.05, 4.69) is 67.6 Å². The van der Waals surface area contributed by atoms with Crippen LogP contribution in [0.3, 0.4) is 0 Å². The van der Waals surface area contributed by atoms with Gasteiger partial charge in [0, 0.05) is 44.0 Å². The highest BCUT2D eigenvalue weighted by Crippen LogP contribution is 2.53. The predicted molar refractivity (Wildman–Crippen MR) is 97.5 cm³/mol. The molecule has 2 nitrogen and oxygen atoms in total. The minimum absolute atomic E-state index is 0.0336. The Kier molecular flexibility index (Phi) is 5.02. The molecular weight excluding hydrogens is 287 g/mol. The first-order chi connectivity index (χ1) is 10.5. The summed E-state index contributed by atoms with van der Waals surface area (Å²) in [4.78, 5) is 2.61. The van der Waals surface area contributed by atoms with E-state index >= 15 is 0 Å². The topological polar surface area (TPSA) is 6.48 Å². The van der Waals surface area contributed by atoms with Crippen molar-refractivity contribution in [2.75, 3.05) is 25.4 Å². The third kappa shape index (κ3) is 3.45. The van der Waals surface area contributed by atoms with Gasteiger partial charge in [0.2, 0.25) is 0 Å². The van der Waals surface area contributed by atoms with Gasteiger partial charge in [0.1, 0.15) is 0 Å². The minimum Gasteiger partial charge on any atom is -0.291 e. The highest BCUT2D eigenvalue weighted by atomic mass is 31.1. The summed E-state index contributed by atoms with van der Waals surface area (Å²) in [6.07, 6.45) is 2.71. The van der Waals surface area contributed by atoms with Gasteiger partial charge in [0.15, 0.2) is 0 Å². The zero-order valence-corrected chi connectivity index (χ0v) is 15.3. The maximum atomic E-state index is 2.77. The molecule has 0 radical (unpaired) electrons. The zero-order chi connectivity index (χ0) is 15.7. The smallest absolute Gasteiger partial charge is 0.0240 e. The Morgan fingerprint density at radius 1 is 0.955 bits per heavy atom. The monoisotopic (exact) mass is 316 g/mol. The van der Waals surface area contributed by atoms with Crippen LogP contribution in [-0.4, -0.2) is 47.1 Å². The van der Waals surface area contributed by atoms with Crippen molar-refractivity contribution in [3.8, 4) is 0 Å². The van der Waals surface area contributed by atoms with Gasteiger partial charge in [-0.1, -0.05) is 30.3 Å². The molecule has 1 aromatic rings. The van der Waals surface area contributed by atoms with Gasteiger partial charge >= 0.3 is 0 Å². The van der Waals surface area contributed by atoms with Gasteiger partial charge in [-0.2, -0.15) is 0 Å². The van der Waals surface area contributed by atoms with Crippen LogP contribution in [0.25, 0.3) is 0 Å². The lowest BCUT2D eigenvalue weighted by molar-refractivity contribution is 0.319. The second kappa shape index (κ2) is 6.83. The molecule has 0 N–H and O–H groups in total. The number of nitrogens with zero attached hydrogens (tertiary/aromatic N) is 2. The Hall–Kier alpha value is -0.690. The maximum absolute atomic E-state index is 2.77. The molecule has 120 valence electrons. The van der Waals surface area contributed by atoms with Crippen LogP contribution in [0.2, 0.25) is 0 Å². The molecule has 2 heterocycles. The fourth-order valence-corrected chi connectivity index (χ4v) is 7.28. The number of rotatable bonds is 5. The fraction of sp³-hybridized carbons (Fsp3) is 0.579. The van der Waals surface area contributed by atoms with Crippen LogP contribution in [-0.2, 0) is 6.54 Å². The van der Waals surface area contributed by atoms with Gasteiger partial charge in [-0.25, -0.2) is 0 Å². The van der Waals surface area contributed by atoms with Crippen molar-refractivity contribution in [2.24, 2.45) is 0 Å². The first-order valence-corrected chi connectivity index (χ1v) is 10.2. The Bertz CT molecular complexity index is 510. The lowest BCUT2D eigenvalue weighted by Gasteiger charge is -2.37. The second-order valence-corrected chi connectivity index (χ2v) is 9.34. The predicted octanol–water partition coefficient (Wildman–Crippen LogP) is 4.33. The molecule has 3 rings (SSSR count). The van der Waals surface area contributed by atoms with Crippen molar-refractivity contribution in [1.29, 1.82) is 0 Å². The molecule has 0 aliphatic carbocycles. The average Bonchev–Trinajstić information content (AvgIpc) is 2.97. The molecule has 2 aliphatic heterocycles. The summed E-state index contributed by atoms with van der Waals surface area (Å²) in [5.41, 5.74) is 4.96. The molecular formula is C19H29N2P. The van der Waals surface area contributed by atoms with E-state index in [1.54, 1.807) is 11.1 Å². The molecule has 2 aliphatic rings. The SMILES string of the molecule is CC(C)N(C(C)C)P1CC2=C(CN(Cc3ccccc3)C2)C1. The van der Waals surface area contributed by atoms with Crippen LogP contribution in [0.5, 0.6) is 0 Å². The van der Waals surface area contributed by atoms with Gasteiger partial charge in [-0.15, -0.1) is 0 Å². The van der Waals surface area contributed by atoms with E-state index in [1.165, 1.54) is 31.0 Å². The standard InChI is InChI=1S/C19H29N2P/c1-15(2)21(16(3)4)22-13-18-11-20(12-19(18)14-22)10-17-8-6-5-7-9-17/h5-9,15-16H,10-14H2,1-4H3. The van der Waals surface area contributed by atoms with Gasteiger partial charge in [-0.05, 0) is 52.5 Å². The highest BCUT2D eigenvalue weighted by molar-refractivity contribution is 7.56. The molecule has 0 atom stereocenters. The van der Waals surface area contributed by atoms with Crippen molar-refractivity contribution >= 4 is 8.07 Å². The lowest BCUT2D eigenvalue weighted by atomic mass is 10.2. The zero-order valence-electron chi connectivity index (χ0n) is 14.4. The molecule has 0 saturated carbocycles. The normalized spacial score (nSPS) is 20.0. The van der Waals surface area contributed by atoms with Crippen LogP contribution in [0.4, 0.5) is 0 Å². The summed E-state index contributed by atoms with van der Waals surface area (Å²) < 4.78 is 2.77. The summed E-state index contributed by atoms with van der Waals surface area (Å²) in [6, 6.07) is 12.2. The quantitative estimate of drug-likeness (QED) is 0.589.